The highest BCUT2D eigenvalue weighted by Gasteiger charge is 2.36. The number of rotatable bonds is 4. The van der Waals surface area contributed by atoms with Crippen LogP contribution in [0.25, 0.3) is 6.08 Å². The Hall–Kier alpha value is -2.08. The van der Waals surface area contributed by atoms with Crippen LogP contribution in [-0.2, 0) is 4.79 Å². The zero-order chi connectivity index (χ0) is 17.1. The first-order chi connectivity index (χ1) is 11.5. The second kappa shape index (κ2) is 7.21. The van der Waals surface area contributed by atoms with Gasteiger partial charge in [-0.05, 0) is 54.3 Å². The zero-order valence-electron chi connectivity index (χ0n) is 13.2. The quantitative estimate of drug-likeness (QED) is 0.835. The molecule has 1 saturated carbocycles. The van der Waals surface area contributed by atoms with Crippen LogP contribution >= 0.6 is 11.8 Å². The number of carbonyl (C=O) groups is 3. The standard InChI is InChI=1S/C18H19NO4S/c20-16-15(10-12-6-8-14(9-7-12)17(21)22)24-18(23)19(16)11-13-4-2-1-3-5-13/h6-10,13H,1-5,11H2,(H,21,22)/b15-10-. The molecule has 1 aromatic carbocycles. The molecule has 2 fully saturated rings. The molecule has 0 radical (unpaired) electrons. The Balaban J connectivity index is 1.71. The van der Waals surface area contributed by atoms with E-state index in [4.69, 9.17) is 5.11 Å². The minimum atomic E-state index is -0.991. The Morgan fingerprint density at radius 1 is 1.17 bits per heavy atom. The number of aromatic carboxylic acids is 1. The molecule has 2 amide bonds. The summed E-state index contributed by atoms with van der Waals surface area (Å²) < 4.78 is 0. The molecule has 1 aliphatic heterocycles. The fourth-order valence-electron chi connectivity index (χ4n) is 3.16. The first kappa shape index (κ1) is 16.8. The summed E-state index contributed by atoms with van der Waals surface area (Å²) in [5.74, 6) is -0.811. The number of carboxylic acid groups (broad SMARTS) is 1. The van der Waals surface area contributed by atoms with E-state index in [2.05, 4.69) is 0 Å². The fraction of sp³-hybridized carbons (Fsp3) is 0.389. The molecule has 0 spiro atoms. The molecule has 126 valence electrons. The van der Waals surface area contributed by atoms with Crippen molar-refractivity contribution in [1.29, 1.82) is 0 Å². The van der Waals surface area contributed by atoms with Gasteiger partial charge in [-0.25, -0.2) is 4.79 Å². The lowest BCUT2D eigenvalue weighted by molar-refractivity contribution is -0.123. The van der Waals surface area contributed by atoms with Gasteiger partial charge in [-0.2, -0.15) is 0 Å². The van der Waals surface area contributed by atoms with Gasteiger partial charge in [0.1, 0.15) is 0 Å². The van der Waals surface area contributed by atoms with Crippen LogP contribution in [0.5, 0.6) is 0 Å². The van der Waals surface area contributed by atoms with Crippen LogP contribution in [0.2, 0.25) is 0 Å². The Labute approximate surface area is 144 Å². The molecule has 1 saturated heterocycles. The summed E-state index contributed by atoms with van der Waals surface area (Å²) in [6.07, 6.45) is 7.40. The van der Waals surface area contributed by atoms with Gasteiger partial charge in [0.2, 0.25) is 0 Å². The molecule has 24 heavy (non-hydrogen) atoms. The number of hydrogen-bond acceptors (Lipinski definition) is 4. The summed E-state index contributed by atoms with van der Waals surface area (Å²) in [4.78, 5) is 37.3. The van der Waals surface area contributed by atoms with E-state index in [1.807, 2.05) is 0 Å². The number of hydrogen-bond donors (Lipinski definition) is 1. The van der Waals surface area contributed by atoms with Crippen molar-refractivity contribution in [2.75, 3.05) is 6.54 Å². The maximum atomic E-state index is 12.5. The predicted molar refractivity (Wildman–Crippen MR) is 92.7 cm³/mol. The molecule has 0 unspecified atom stereocenters. The van der Waals surface area contributed by atoms with E-state index < -0.39 is 5.97 Å². The lowest BCUT2D eigenvalue weighted by Gasteiger charge is -2.25. The first-order valence-corrected chi connectivity index (χ1v) is 8.95. The predicted octanol–water partition coefficient (Wildman–Crippen LogP) is 4.00. The van der Waals surface area contributed by atoms with Gasteiger partial charge < -0.3 is 5.11 Å². The third-order valence-corrected chi connectivity index (χ3v) is 5.40. The monoisotopic (exact) mass is 345 g/mol. The lowest BCUT2D eigenvalue weighted by Crippen LogP contribution is -2.34. The zero-order valence-corrected chi connectivity index (χ0v) is 14.1. The summed E-state index contributed by atoms with van der Waals surface area (Å²) in [5.41, 5.74) is 0.903. The average molecular weight is 345 g/mol. The number of nitrogens with zero attached hydrogens (tertiary/aromatic N) is 1. The highest BCUT2D eigenvalue weighted by molar-refractivity contribution is 8.18. The van der Waals surface area contributed by atoms with Crippen LogP contribution in [0.4, 0.5) is 4.79 Å². The maximum absolute atomic E-state index is 12.5. The van der Waals surface area contributed by atoms with Crippen molar-refractivity contribution in [3.8, 4) is 0 Å². The van der Waals surface area contributed by atoms with Crippen molar-refractivity contribution in [1.82, 2.24) is 4.90 Å². The molecular formula is C18H19NO4S. The Morgan fingerprint density at radius 2 is 1.83 bits per heavy atom. The van der Waals surface area contributed by atoms with E-state index in [1.165, 1.54) is 36.3 Å². The average Bonchev–Trinajstić information content (AvgIpc) is 2.84. The van der Waals surface area contributed by atoms with Crippen molar-refractivity contribution < 1.29 is 19.5 Å². The molecule has 3 rings (SSSR count). The van der Waals surface area contributed by atoms with Crippen LogP contribution < -0.4 is 0 Å². The van der Waals surface area contributed by atoms with Crippen LogP contribution in [0.3, 0.4) is 0 Å². The molecule has 5 nitrogen and oxygen atoms in total. The van der Waals surface area contributed by atoms with Crippen molar-refractivity contribution >= 4 is 35.0 Å². The summed E-state index contributed by atoms with van der Waals surface area (Å²) in [6, 6.07) is 6.25. The van der Waals surface area contributed by atoms with Gasteiger partial charge in [-0.3, -0.25) is 14.5 Å². The van der Waals surface area contributed by atoms with Crippen LogP contribution in [-0.4, -0.2) is 33.7 Å². The van der Waals surface area contributed by atoms with Gasteiger partial charge in [0, 0.05) is 6.54 Å². The number of carboxylic acids is 1. The van der Waals surface area contributed by atoms with Crippen molar-refractivity contribution in [3.63, 3.8) is 0 Å². The van der Waals surface area contributed by atoms with E-state index in [9.17, 15) is 14.4 Å². The topological polar surface area (TPSA) is 74.7 Å². The minimum Gasteiger partial charge on any atom is -0.478 e. The van der Waals surface area contributed by atoms with Gasteiger partial charge in [0.15, 0.2) is 0 Å². The third kappa shape index (κ3) is 3.70. The third-order valence-electron chi connectivity index (χ3n) is 4.49. The van der Waals surface area contributed by atoms with Gasteiger partial charge in [-0.1, -0.05) is 31.4 Å². The molecule has 1 aromatic rings. The maximum Gasteiger partial charge on any atom is 0.335 e. The fourth-order valence-corrected chi connectivity index (χ4v) is 4.01. The van der Waals surface area contributed by atoms with Gasteiger partial charge >= 0.3 is 5.97 Å². The molecule has 0 aromatic heterocycles. The largest absolute Gasteiger partial charge is 0.478 e. The van der Waals surface area contributed by atoms with Gasteiger partial charge in [0.25, 0.3) is 11.1 Å². The molecule has 6 heteroatoms. The van der Waals surface area contributed by atoms with Crippen LogP contribution in [0, 0.1) is 5.92 Å². The highest BCUT2D eigenvalue weighted by atomic mass is 32.2. The normalized spacial score (nSPS) is 20.8. The second-order valence-corrected chi connectivity index (χ2v) is 7.22. The lowest BCUT2D eigenvalue weighted by atomic mass is 9.89. The molecule has 1 heterocycles. The Bertz CT molecular complexity index is 689. The summed E-state index contributed by atoms with van der Waals surface area (Å²) in [5, 5.41) is 8.69. The van der Waals surface area contributed by atoms with Crippen LogP contribution in [0.1, 0.15) is 48.0 Å². The first-order valence-electron chi connectivity index (χ1n) is 8.13. The Kier molecular flexibility index (Phi) is 5.04. The minimum absolute atomic E-state index is 0.192. The smallest absolute Gasteiger partial charge is 0.335 e. The van der Waals surface area contributed by atoms with E-state index in [-0.39, 0.29) is 16.7 Å². The molecule has 2 aliphatic rings. The van der Waals surface area contributed by atoms with E-state index in [0.29, 0.717) is 22.9 Å². The molecule has 1 aliphatic carbocycles. The number of benzene rings is 1. The van der Waals surface area contributed by atoms with E-state index in [0.717, 1.165) is 24.6 Å². The second-order valence-electron chi connectivity index (χ2n) is 6.22. The molecular weight excluding hydrogens is 326 g/mol. The summed E-state index contributed by atoms with van der Waals surface area (Å²) in [7, 11) is 0. The molecule has 0 bridgehead atoms. The molecule has 0 atom stereocenters. The van der Waals surface area contributed by atoms with Crippen molar-refractivity contribution in [2.24, 2.45) is 5.92 Å². The molecule has 1 N–H and O–H groups in total. The van der Waals surface area contributed by atoms with Crippen LogP contribution in [0.15, 0.2) is 29.2 Å². The summed E-state index contributed by atoms with van der Waals surface area (Å²) in [6.45, 7) is 0.514. The van der Waals surface area contributed by atoms with E-state index in [1.54, 1.807) is 18.2 Å². The van der Waals surface area contributed by atoms with Crippen molar-refractivity contribution in [3.05, 3.63) is 40.3 Å². The number of amides is 2. The SMILES string of the molecule is O=C(O)c1ccc(/C=C2\SC(=O)N(CC3CCCCC3)C2=O)cc1. The van der Waals surface area contributed by atoms with Gasteiger partial charge in [-0.15, -0.1) is 0 Å². The number of thioether (sulfide) groups is 1. The summed E-state index contributed by atoms with van der Waals surface area (Å²) >= 11 is 0.958. The number of imide groups is 1. The number of carbonyl (C=O) groups excluding carboxylic acids is 2. The van der Waals surface area contributed by atoms with Crippen molar-refractivity contribution in [2.45, 2.75) is 32.1 Å². The van der Waals surface area contributed by atoms with E-state index >= 15 is 0 Å². The Morgan fingerprint density at radius 3 is 2.46 bits per heavy atom. The highest BCUT2D eigenvalue weighted by Crippen LogP contribution is 2.34. The van der Waals surface area contributed by atoms with Gasteiger partial charge in [0.05, 0.1) is 10.5 Å².